The molecule has 1 rings (SSSR count). The predicted molar refractivity (Wildman–Crippen MR) is 73.9 cm³/mol. The molecule has 0 spiro atoms. The highest BCUT2D eigenvalue weighted by atomic mass is 32.2. The lowest BCUT2D eigenvalue weighted by atomic mass is 10.2. The van der Waals surface area contributed by atoms with Gasteiger partial charge in [0.2, 0.25) is 5.91 Å². The normalized spacial score (nSPS) is 17.1. The molecule has 0 aromatic carbocycles. The maximum Gasteiger partial charge on any atom is 0.322 e. The van der Waals surface area contributed by atoms with Gasteiger partial charge in [0.15, 0.2) is 0 Å². The smallest absolute Gasteiger partial charge is 0.322 e. The lowest BCUT2D eigenvalue weighted by Crippen LogP contribution is -2.41. The van der Waals surface area contributed by atoms with Crippen molar-refractivity contribution >= 4 is 23.6 Å². The lowest BCUT2D eigenvalue weighted by molar-refractivity contribution is -0.144. The summed E-state index contributed by atoms with van der Waals surface area (Å²) in [6.07, 6.45) is 0.528. The van der Waals surface area contributed by atoms with Crippen LogP contribution in [0, 0.1) is 0 Å². The van der Waals surface area contributed by atoms with E-state index in [0.29, 0.717) is 50.8 Å². The number of hydrogen-bond acceptors (Lipinski definition) is 6. The van der Waals surface area contributed by atoms with Crippen LogP contribution in [0.15, 0.2) is 0 Å². The summed E-state index contributed by atoms with van der Waals surface area (Å²) in [5.74, 6) is 0.853. The Balaban J connectivity index is 2.09. The Labute approximate surface area is 118 Å². The third kappa shape index (κ3) is 6.26. The first-order valence-electron chi connectivity index (χ1n) is 6.50. The van der Waals surface area contributed by atoms with E-state index < -0.39 is 6.04 Å². The molecule has 0 aliphatic carbocycles. The average Bonchev–Trinajstić information content (AvgIpc) is 2.44. The Morgan fingerprint density at radius 3 is 2.74 bits per heavy atom. The number of esters is 1. The summed E-state index contributed by atoms with van der Waals surface area (Å²) in [7, 11) is 0. The first-order valence-corrected chi connectivity index (χ1v) is 7.66. The van der Waals surface area contributed by atoms with Crippen molar-refractivity contribution in [3.05, 3.63) is 0 Å². The summed E-state index contributed by atoms with van der Waals surface area (Å²) >= 11 is 1.50. The molecule has 0 aromatic rings. The highest BCUT2D eigenvalue weighted by Crippen LogP contribution is 2.08. The SMILES string of the molecule is CCOC(=O)C(N)CCSCC(=O)N1CCOCC1. The van der Waals surface area contributed by atoms with Crippen LogP contribution in [0.1, 0.15) is 13.3 Å². The van der Waals surface area contributed by atoms with E-state index in [1.807, 2.05) is 4.90 Å². The quantitative estimate of drug-likeness (QED) is 0.519. The summed E-state index contributed by atoms with van der Waals surface area (Å²) < 4.78 is 10.0. The molecule has 1 fully saturated rings. The van der Waals surface area contributed by atoms with E-state index in [-0.39, 0.29) is 11.9 Å². The molecule has 1 amide bonds. The number of rotatable bonds is 7. The number of thioether (sulfide) groups is 1. The van der Waals surface area contributed by atoms with Gasteiger partial charge in [0.05, 0.1) is 25.6 Å². The van der Waals surface area contributed by atoms with E-state index >= 15 is 0 Å². The fourth-order valence-electron chi connectivity index (χ4n) is 1.64. The Morgan fingerprint density at radius 1 is 1.42 bits per heavy atom. The van der Waals surface area contributed by atoms with Crippen LogP contribution < -0.4 is 5.73 Å². The summed E-state index contributed by atoms with van der Waals surface area (Å²) in [5, 5.41) is 0. The minimum atomic E-state index is -0.592. The van der Waals surface area contributed by atoms with Crippen LogP contribution in [-0.4, -0.2) is 67.2 Å². The molecule has 110 valence electrons. The van der Waals surface area contributed by atoms with Gasteiger partial charge < -0.3 is 20.1 Å². The molecular weight excluding hydrogens is 268 g/mol. The summed E-state index contributed by atoms with van der Waals surface area (Å²) in [6.45, 7) is 4.66. The molecule has 0 aromatic heterocycles. The van der Waals surface area contributed by atoms with Crippen LogP contribution in [0.3, 0.4) is 0 Å². The highest BCUT2D eigenvalue weighted by Gasteiger charge is 2.17. The van der Waals surface area contributed by atoms with Crippen molar-refractivity contribution in [2.75, 3.05) is 44.4 Å². The van der Waals surface area contributed by atoms with Gasteiger partial charge >= 0.3 is 5.97 Å². The number of nitrogens with two attached hydrogens (primary N) is 1. The van der Waals surface area contributed by atoms with Gasteiger partial charge in [-0.25, -0.2) is 0 Å². The molecule has 1 atom stereocenters. The number of carbonyl (C=O) groups excluding carboxylic acids is 2. The van der Waals surface area contributed by atoms with Gasteiger partial charge in [0.1, 0.15) is 6.04 Å². The third-order valence-electron chi connectivity index (χ3n) is 2.75. The number of hydrogen-bond donors (Lipinski definition) is 1. The molecule has 6 nitrogen and oxygen atoms in total. The van der Waals surface area contributed by atoms with Crippen molar-refractivity contribution in [1.29, 1.82) is 0 Å². The molecule has 1 unspecified atom stereocenters. The maximum atomic E-state index is 11.8. The van der Waals surface area contributed by atoms with Gasteiger partial charge in [-0.1, -0.05) is 0 Å². The number of morpholine rings is 1. The van der Waals surface area contributed by atoms with Crippen molar-refractivity contribution in [1.82, 2.24) is 4.90 Å². The Morgan fingerprint density at radius 2 is 2.11 bits per heavy atom. The minimum absolute atomic E-state index is 0.123. The molecule has 7 heteroatoms. The van der Waals surface area contributed by atoms with Gasteiger partial charge in [-0.05, 0) is 19.1 Å². The van der Waals surface area contributed by atoms with E-state index in [1.54, 1.807) is 6.92 Å². The Hall–Kier alpha value is -0.790. The van der Waals surface area contributed by atoms with E-state index in [9.17, 15) is 9.59 Å². The second kappa shape index (κ2) is 9.17. The largest absolute Gasteiger partial charge is 0.465 e. The zero-order chi connectivity index (χ0) is 14.1. The van der Waals surface area contributed by atoms with Crippen LogP contribution in [0.25, 0.3) is 0 Å². The molecular formula is C12H22N2O4S. The lowest BCUT2D eigenvalue weighted by Gasteiger charge is -2.26. The molecule has 2 N–H and O–H groups in total. The van der Waals surface area contributed by atoms with Gasteiger partial charge in [-0.15, -0.1) is 0 Å². The second-order valence-electron chi connectivity index (χ2n) is 4.19. The standard InChI is InChI=1S/C12H22N2O4S/c1-2-18-12(16)10(13)3-8-19-9-11(15)14-4-6-17-7-5-14/h10H,2-9,13H2,1H3. The molecule has 0 radical (unpaired) electrons. The van der Waals surface area contributed by atoms with Crippen molar-refractivity contribution in [2.45, 2.75) is 19.4 Å². The predicted octanol–water partition coefficient (Wildman–Crippen LogP) is -0.141. The summed E-state index contributed by atoms with van der Waals surface area (Å²) in [6, 6.07) is -0.592. The Bertz CT molecular complexity index is 295. The molecule has 1 aliphatic rings. The van der Waals surface area contributed by atoms with Gasteiger partial charge in [0.25, 0.3) is 0 Å². The zero-order valence-corrected chi connectivity index (χ0v) is 12.1. The van der Waals surface area contributed by atoms with Crippen molar-refractivity contribution < 1.29 is 19.1 Å². The van der Waals surface area contributed by atoms with Gasteiger partial charge in [-0.2, -0.15) is 11.8 Å². The highest BCUT2D eigenvalue weighted by molar-refractivity contribution is 7.99. The molecule has 19 heavy (non-hydrogen) atoms. The topological polar surface area (TPSA) is 81.9 Å². The Kier molecular flexibility index (Phi) is 7.85. The van der Waals surface area contributed by atoms with Crippen LogP contribution in [0.4, 0.5) is 0 Å². The number of carbonyl (C=O) groups is 2. The van der Waals surface area contributed by atoms with Crippen LogP contribution in [0.2, 0.25) is 0 Å². The van der Waals surface area contributed by atoms with Crippen LogP contribution >= 0.6 is 11.8 Å². The number of ether oxygens (including phenoxy) is 2. The van der Waals surface area contributed by atoms with E-state index in [1.165, 1.54) is 11.8 Å². The molecule has 0 bridgehead atoms. The fourth-order valence-corrected chi connectivity index (χ4v) is 2.56. The zero-order valence-electron chi connectivity index (χ0n) is 11.3. The van der Waals surface area contributed by atoms with Crippen molar-refractivity contribution in [3.63, 3.8) is 0 Å². The first kappa shape index (κ1) is 16.3. The van der Waals surface area contributed by atoms with Crippen LogP contribution in [-0.2, 0) is 19.1 Å². The van der Waals surface area contributed by atoms with E-state index in [4.69, 9.17) is 15.2 Å². The fraction of sp³-hybridized carbons (Fsp3) is 0.833. The first-order chi connectivity index (χ1) is 9.15. The monoisotopic (exact) mass is 290 g/mol. The maximum absolute atomic E-state index is 11.8. The molecule has 1 heterocycles. The van der Waals surface area contributed by atoms with Crippen LogP contribution in [0.5, 0.6) is 0 Å². The average molecular weight is 290 g/mol. The van der Waals surface area contributed by atoms with E-state index in [0.717, 1.165) is 0 Å². The summed E-state index contributed by atoms with van der Waals surface area (Å²) in [5.41, 5.74) is 5.66. The number of amides is 1. The second-order valence-corrected chi connectivity index (χ2v) is 5.30. The van der Waals surface area contributed by atoms with E-state index in [2.05, 4.69) is 0 Å². The van der Waals surface area contributed by atoms with Gasteiger partial charge in [-0.3, -0.25) is 9.59 Å². The molecule has 1 saturated heterocycles. The van der Waals surface area contributed by atoms with Gasteiger partial charge in [0, 0.05) is 13.1 Å². The minimum Gasteiger partial charge on any atom is -0.465 e. The summed E-state index contributed by atoms with van der Waals surface area (Å²) in [4.78, 5) is 24.9. The number of nitrogens with zero attached hydrogens (tertiary/aromatic N) is 1. The molecule has 0 saturated carbocycles. The van der Waals surface area contributed by atoms with Crippen molar-refractivity contribution in [2.24, 2.45) is 5.73 Å². The van der Waals surface area contributed by atoms with Crippen molar-refractivity contribution in [3.8, 4) is 0 Å². The molecule has 1 aliphatic heterocycles. The third-order valence-corrected chi connectivity index (χ3v) is 3.73.